The second kappa shape index (κ2) is 12.7. The molecule has 0 unspecified atom stereocenters. The van der Waals surface area contributed by atoms with Crippen LogP contribution in [0.3, 0.4) is 0 Å². The number of nitrogens with zero attached hydrogens (tertiary/aromatic N) is 5. The van der Waals surface area contributed by atoms with Crippen molar-refractivity contribution < 1.29 is 27.5 Å². The molecule has 3 aromatic carbocycles. The van der Waals surface area contributed by atoms with E-state index >= 15 is 0 Å². The summed E-state index contributed by atoms with van der Waals surface area (Å²) >= 11 is 1.25. The van der Waals surface area contributed by atoms with Crippen LogP contribution in [0.25, 0.3) is 17.1 Å². The molecule has 1 saturated heterocycles. The van der Waals surface area contributed by atoms with Crippen molar-refractivity contribution in [3.05, 3.63) is 89.7 Å². The van der Waals surface area contributed by atoms with Crippen molar-refractivity contribution in [2.24, 2.45) is 4.99 Å². The summed E-state index contributed by atoms with van der Waals surface area (Å²) in [6, 6.07) is 18.3. The summed E-state index contributed by atoms with van der Waals surface area (Å²) in [7, 11) is 0. The molecule has 4 aromatic rings. The quantitative estimate of drug-likeness (QED) is 0.238. The van der Waals surface area contributed by atoms with E-state index in [9.17, 15) is 22.8 Å². The number of amidine groups is 1. The van der Waals surface area contributed by atoms with Gasteiger partial charge in [0.15, 0.2) is 11.0 Å². The number of amides is 3. The predicted octanol–water partition coefficient (Wildman–Crippen LogP) is 6.23. The van der Waals surface area contributed by atoms with Crippen molar-refractivity contribution in [3.63, 3.8) is 0 Å². The third-order valence-electron chi connectivity index (χ3n) is 6.53. The summed E-state index contributed by atoms with van der Waals surface area (Å²) in [6.07, 6.45) is -1.87. The fourth-order valence-corrected chi connectivity index (χ4v) is 5.26. The van der Waals surface area contributed by atoms with Crippen molar-refractivity contribution in [2.45, 2.75) is 33.1 Å². The molecule has 1 aliphatic heterocycles. The lowest BCUT2D eigenvalue weighted by Gasteiger charge is -2.19. The Balaban J connectivity index is 1.12. The minimum atomic E-state index is -4.75. The summed E-state index contributed by atoms with van der Waals surface area (Å²) in [5.74, 6) is 0.277. The number of aliphatic imine (C=N–C) groups is 1. The lowest BCUT2D eigenvalue weighted by atomic mass is 10.1. The maximum Gasteiger partial charge on any atom is 0.573 e. The molecule has 43 heavy (non-hydrogen) atoms. The van der Waals surface area contributed by atoms with Gasteiger partial charge in [0.25, 0.3) is 0 Å². The maximum absolute atomic E-state index is 12.5. The highest BCUT2D eigenvalue weighted by molar-refractivity contribution is 8.15. The molecular formula is C30H27F3N6O3S. The Hall–Kier alpha value is -4.65. The average molecular weight is 609 g/mol. The van der Waals surface area contributed by atoms with Crippen LogP contribution in [0.4, 0.5) is 23.7 Å². The summed E-state index contributed by atoms with van der Waals surface area (Å²) in [6.45, 7) is 4.28. The zero-order chi connectivity index (χ0) is 30.6. The number of rotatable bonds is 8. The van der Waals surface area contributed by atoms with Gasteiger partial charge in [-0.3, -0.25) is 9.69 Å². The van der Waals surface area contributed by atoms with E-state index in [1.165, 1.54) is 51.9 Å². The number of carbonyl (C=O) groups is 2. The Morgan fingerprint density at radius 1 is 1.07 bits per heavy atom. The smallest absolute Gasteiger partial charge is 0.406 e. The van der Waals surface area contributed by atoms with Crippen molar-refractivity contribution >= 4 is 34.6 Å². The molecule has 2 heterocycles. The van der Waals surface area contributed by atoms with Gasteiger partial charge in [0.1, 0.15) is 12.1 Å². The number of aryl methyl sites for hydroxylation is 3. The fraction of sp³-hybridized carbons (Fsp3) is 0.233. The van der Waals surface area contributed by atoms with Crippen molar-refractivity contribution in [1.29, 1.82) is 0 Å². The number of thioether (sulfide) groups is 1. The van der Waals surface area contributed by atoms with Crippen LogP contribution in [0.5, 0.6) is 5.75 Å². The standard InChI is InChI=1S/C30H27F3N6O3S/c1-19-5-6-20(2)25(16-19)39-26(40)17-43-29(39)36-28(41)34-15-3-4-21-7-9-22(10-8-21)27-35-18-38(37-27)23-11-13-24(14-12-23)42-30(31,32)33/h5-14,16,18H,3-4,15,17H2,1-2H3,(H,34,41). The molecule has 0 saturated carbocycles. The molecule has 0 bridgehead atoms. The Bertz CT molecular complexity index is 1650. The van der Waals surface area contributed by atoms with Gasteiger partial charge in [0.2, 0.25) is 5.91 Å². The Labute approximate surface area is 249 Å². The fourth-order valence-electron chi connectivity index (χ4n) is 4.40. The average Bonchev–Trinajstić information content (AvgIpc) is 3.59. The molecule has 0 atom stereocenters. The third kappa shape index (κ3) is 7.60. The van der Waals surface area contributed by atoms with E-state index in [4.69, 9.17) is 0 Å². The lowest BCUT2D eigenvalue weighted by Crippen LogP contribution is -2.32. The minimum Gasteiger partial charge on any atom is -0.406 e. The van der Waals surface area contributed by atoms with Crippen molar-refractivity contribution in [3.8, 4) is 22.8 Å². The van der Waals surface area contributed by atoms with Gasteiger partial charge in [-0.15, -0.1) is 18.3 Å². The molecule has 0 radical (unpaired) electrons. The number of halogens is 3. The minimum absolute atomic E-state index is 0.107. The van der Waals surface area contributed by atoms with Crippen LogP contribution >= 0.6 is 11.8 Å². The molecule has 3 amide bonds. The van der Waals surface area contributed by atoms with E-state index in [-0.39, 0.29) is 17.4 Å². The molecular weight excluding hydrogens is 581 g/mol. The predicted molar refractivity (Wildman–Crippen MR) is 158 cm³/mol. The molecule has 1 aromatic heterocycles. The Kier molecular flexibility index (Phi) is 8.81. The number of carbonyl (C=O) groups excluding carboxylic acids is 2. The molecule has 222 valence electrons. The number of nitrogens with one attached hydrogen (secondary N) is 1. The van der Waals surface area contributed by atoms with Crippen LogP contribution < -0.4 is 15.0 Å². The van der Waals surface area contributed by atoms with E-state index in [1.54, 1.807) is 0 Å². The van der Waals surface area contributed by atoms with Crippen molar-refractivity contribution in [2.75, 3.05) is 17.2 Å². The number of anilines is 1. The van der Waals surface area contributed by atoms with E-state index in [1.807, 2.05) is 56.3 Å². The monoisotopic (exact) mass is 608 g/mol. The van der Waals surface area contributed by atoms with Crippen LogP contribution in [-0.4, -0.2) is 50.5 Å². The largest absolute Gasteiger partial charge is 0.573 e. The zero-order valence-corrected chi connectivity index (χ0v) is 24.1. The molecule has 13 heteroatoms. The van der Waals surface area contributed by atoms with Gasteiger partial charge in [0, 0.05) is 12.1 Å². The van der Waals surface area contributed by atoms with Crippen LogP contribution in [0.15, 0.2) is 78.0 Å². The summed E-state index contributed by atoms with van der Waals surface area (Å²) < 4.78 is 42.5. The second-order valence-corrected chi connectivity index (χ2v) is 10.7. The second-order valence-electron chi connectivity index (χ2n) is 9.79. The number of ether oxygens (including phenoxy) is 1. The van der Waals surface area contributed by atoms with Gasteiger partial charge >= 0.3 is 12.4 Å². The van der Waals surface area contributed by atoms with Gasteiger partial charge in [-0.1, -0.05) is 48.2 Å². The molecule has 5 rings (SSSR count). The Morgan fingerprint density at radius 3 is 2.53 bits per heavy atom. The highest BCUT2D eigenvalue weighted by Crippen LogP contribution is 2.30. The number of hydrogen-bond donors (Lipinski definition) is 1. The summed E-state index contributed by atoms with van der Waals surface area (Å²) in [5, 5.41) is 7.59. The summed E-state index contributed by atoms with van der Waals surface area (Å²) in [5.41, 5.74) is 5.05. The SMILES string of the molecule is Cc1ccc(C)c(N2C(=O)CSC2=NC(=O)NCCCc2ccc(-c3ncn(-c4ccc(OC(F)(F)F)cc4)n3)cc2)c1. The summed E-state index contributed by atoms with van der Waals surface area (Å²) in [4.78, 5) is 35.0. The van der Waals surface area contributed by atoms with E-state index in [0.717, 1.165) is 27.9 Å². The van der Waals surface area contributed by atoms with Gasteiger partial charge in [-0.2, -0.15) is 4.99 Å². The molecule has 9 nitrogen and oxygen atoms in total. The normalized spacial score (nSPS) is 14.4. The van der Waals surface area contributed by atoms with Gasteiger partial charge in [0.05, 0.1) is 17.1 Å². The van der Waals surface area contributed by atoms with Crippen LogP contribution in [-0.2, 0) is 11.2 Å². The van der Waals surface area contributed by atoms with Gasteiger partial charge < -0.3 is 10.1 Å². The van der Waals surface area contributed by atoms with Crippen LogP contribution in [0.2, 0.25) is 0 Å². The Morgan fingerprint density at radius 2 is 1.81 bits per heavy atom. The zero-order valence-electron chi connectivity index (χ0n) is 23.3. The number of urea groups is 1. The third-order valence-corrected chi connectivity index (χ3v) is 7.45. The number of hydrogen-bond acceptors (Lipinski definition) is 6. The number of benzene rings is 3. The topological polar surface area (TPSA) is 102 Å². The van der Waals surface area contributed by atoms with E-state index < -0.39 is 12.4 Å². The number of alkyl halides is 3. The first-order valence-corrected chi connectivity index (χ1v) is 14.3. The molecule has 0 aliphatic carbocycles. The van der Waals surface area contributed by atoms with Crippen LogP contribution in [0.1, 0.15) is 23.1 Å². The van der Waals surface area contributed by atoms with Crippen molar-refractivity contribution in [1.82, 2.24) is 20.1 Å². The van der Waals surface area contributed by atoms with Gasteiger partial charge in [-0.25, -0.2) is 14.5 Å². The van der Waals surface area contributed by atoms with Crippen LogP contribution in [0, 0.1) is 13.8 Å². The first kappa shape index (κ1) is 29.8. The first-order valence-electron chi connectivity index (χ1n) is 13.3. The first-order chi connectivity index (χ1) is 20.6. The van der Waals surface area contributed by atoms with E-state index in [2.05, 4.69) is 25.1 Å². The molecule has 0 spiro atoms. The lowest BCUT2D eigenvalue weighted by molar-refractivity contribution is -0.274. The molecule has 1 aliphatic rings. The molecule has 1 fully saturated rings. The number of aromatic nitrogens is 3. The van der Waals surface area contributed by atoms with Gasteiger partial charge in [-0.05, 0) is 73.7 Å². The van der Waals surface area contributed by atoms with E-state index in [0.29, 0.717) is 36.1 Å². The maximum atomic E-state index is 12.5. The highest BCUT2D eigenvalue weighted by Gasteiger charge is 2.32. The highest BCUT2D eigenvalue weighted by atomic mass is 32.2. The molecule has 1 N–H and O–H groups in total.